The third-order valence-electron chi connectivity index (χ3n) is 6.75. The smallest absolute Gasteiger partial charge is 0.267 e. The van der Waals surface area contributed by atoms with Crippen LogP contribution in [0.3, 0.4) is 0 Å². The average molecular weight is 644 g/mol. The SMILES string of the molecule is CC/C=C\C/C=C\C/C=C\C/C=C\C/C=C\CC(=O)NC(CS(=O)(=O)O)C(O)/C=C/CC/C=C/CC/C=C/CCCCCCC. The summed E-state index contributed by atoms with van der Waals surface area (Å²) in [5, 5.41) is 13.0. The summed E-state index contributed by atoms with van der Waals surface area (Å²) >= 11 is 0. The standard InChI is InChI=1S/C38H61NO5S/c1-3-5-7-9-11-13-15-17-19-21-23-25-27-29-31-33-37(40)36(35-45(42,43)44)39-38(41)34-32-30-28-26-24-22-20-18-16-14-12-10-8-6-4-2/h6,8,12,14-15,17-18,20,23-26,30-33,36-37,40H,3-5,7,9-11,13,16,19,21-22,27-29,34-35H2,1-2H3,(H,39,41)(H,42,43,44)/b8-6-,14-12-,17-15+,20-18-,25-23+,26-24-,32-30-,33-31+. The van der Waals surface area contributed by atoms with E-state index in [1.54, 1.807) is 12.2 Å². The van der Waals surface area contributed by atoms with Gasteiger partial charge in [-0.25, -0.2) is 0 Å². The van der Waals surface area contributed by atoms with Crippen molar-refractivity contribution in [1.82, 2.24) is 5.32 Å². The van der Waals surface area contributed by atoms with Gasteiger partial charge in [0.2, 0.25) is 5.91 Å². The van der Waals surface area contributed by atoms with Gasteiger partial charge in [-0.05, 0) is 70.6 Å². The fourth-order valence-corrected chi connectivity index (χ4v) is 4.99. The fourth-order valence-electron chi connectivity index (χ4n) is 4.25. The van der Waals surface area contributed by atoms with Gasteiger partial charge in [-0.2, -0.15) is 8.42 Å². The minimum absolute atomic E-state index is 0.0465. The van der Waals surface area contributed by atoms with Crippen LogP contribution in [0.1, 0.15) is 117 Å². The monoisotopic (exact) mass is 643 g/mol. The van der Waals surface area contributed by atoms with Crippen molar-refractivity contribution in [3.8, 4) is 0 Å². The Morgan fingerprint density at radius 3 is 1.60 bits per heavy atom. The third-order valence-corrected chi connectivity index (χ3v) is 7.53. The predicted octanol–water partition coefficient (Wildman–Crippen LogP) is 9.45. The van der Waals surface area contributed by atoms with E-state index in [0.717, 1.165) is 51.4 Å². The van der Waals surface area contributed by atoms with Crippen LogP contribution in [-0.2, 0) is 14.9 Å². The molecular weight excluding hydrogens is 582 g/mol. The molecule has 0 heterocycles. The molecule has 0 saturated heterocycles. The molecule has 254 valence electrons. The molecule has 7 heteroatoms. The summed E-state index contributed by atoms with van der Waals surface area (Å²) in [4.78, 5) is 12.4. The van der Waals surface area contributed by atoms with Crippen molar-refractivity contribution in [1.29, 1.82) is 0 Å². The molecule has 3 N–H and O–H groups in total. The maximum atomic E-state index is 12.4. The lowest BCUT2D eigenvalue weighted by atomic mass is 10.1. The van der Waals surface area contributed by atoms with Crippen LogP contribution in [0.2, 0.25) is 0 Å². The first kappa shape index (κ1) is 42.3. The molecule has 0 spiro atoms. The van der Waals surface area contributed by atoms with Crippen molar-refractivity contribution < 1.29 is 22.9 Å². The van der Waals surface area contributed by atoms with Gasteiger partial charge in [0.05, 0.1) is 17.9 Å². The topological polar surface area (TPSA) is 104 Å². The fraction of sp³-hybridized carbons (Fsp3) is 0.553. The van der Waals surface area contributed by atoms with Gasteiger partial charge in [-0.15, -0.1) is 0 Å². The summed E-state index contributed by atoms with van der Waals surface area (Å²) in [6.07, 6.45) is 47.0. The van der Waals surface area contributed by atoms with E-state index in [4.69, 9.17) is 0 Å². The first-order valence-electron chi connectivity index (χ1n) is 16.9. The Kier molecular flexibility index (Phi) is 29.3. The largest absolute Gasteiger partial charge is 0.387 e. The number of unbranched alkanes of at least 4 members (excludes halogenated alkanes) is 7. The van der Waals surface area contributed by atoms with Crippen LogP contribution >= 0.6 is 0 Å². The Morgan fingerprint density at radius 2 is 1.09 bits per heavy atom. The third kappa shape index (κ3) is 32.5. The van der Waals surface area contributed by atoms with Gasteiger partial charge in [0.15, 0.2) is 0 Å². The van der Waals surface area contributed by atoms with E-state index in [1.165, 1.54) is 38.2 Å². The molecule has 0 rings (SSSR count). The highest BCUT2D eigenvalue weighted by molar-refractivity contribution is 7.85. The normalized spacial score (nSPS) is 14.7. The Bertz CT molecular complexity index is 1060. The quantitative estimate of drug-likeness (QED) is 0.0448. The number of allylic oxidation sites excluding steroid dienone is 14. The van der Waals surface area contributed by atoms with Crippen LogP contribution < -0.4 is 5.32 Å². The number of hydrogen-bond donors (Lipinski definition) is 3. The van der Waals surface area contributed by atoms with Gasteiger partial charge >= 0.3 is 0 Å². The maximum Gasteiger partial charge on any atom is 0.267 e. The summed E-state index contributed by atoms with van der Waals surface area (Å²) in [6, 6.07) is -1.14. The lowest BCUT2D eigenvalue weighted by molar-refractivity contribution is -0.121. The summed E-state index contributed by atoms with van der Waals surface area (Å²) in [7, 11) is -4.39. The van der Waals surface area contributed by atoms with E-state index < -0.39 is 33.9 Å². The molecule has 2 atom stereocenters. The average Bonchev–Trinajstić information content (AvgIpc) is 3.00. The number of aliphatic hydroxyl groups is 1. The molecule has 0 aromatic heterocycles. The summed E-state index contributed by atoms with van der Waals surface area (Å²) in [5.74, 6) is -1.19. The van der Waals surface area contributed by atoms with Gasteiger partial charge in [-0.1, -0.05) is 137 Å². The number of carbonyl (C=O) groups is 1. The zero-order valence-corrected chi connectivity index (χ0v) is 28.8. The summed E-state index contributed by atoms with van der Waals surface area (Å²) in [5.41, 5.74) is 0. The molecule has 2 unspecified atom stereocenters. The Hall–Kier alpha value is -2.74. The molecule has 0 aromatic carbocycles. The molecule has 0 radical (unpaired) electrons. The molecule has 0 aliphatic heterocycles. The minimum Gasteiger partial charge on any atom is -0.387 e. The van der Waals surface area contributed by atoms with Crippen LogP contribution in [0.25, 0.3) is 0 Å². The zero-order valence-electron chi connectivity index (χ0n) is 27.9. The number of rotatable bonds is 28. The van der Waals surface area contributed by atoms with E-state index in [1.807, 2.05) is 12.2 Å². The highest BCUT2D eigenvalue weighted by Gasteiger charge is 2.24. The second-order valence-electron chi connectivity index (χ2n) is 11.1. The number of amides is 1. The van der Waals surface area contributed by atoms with Crippen molar-refractivity contribution in [2.75, 3.05) is 5.75 Å². The van der Waals surface area contributed by atoms with Crippen molar-refractivity contribution in [3.63, 3.8) is 0 Å². The van der Waals surface area contributed by atoms with Gasteiger partial charge in [-0.3, -0.25) is 9.35 Å². The highest BCUT2D eigenvalue weighted by Crippen LogP contribution is 2.07. The first-order chi connectivity index (χ1) is 21.8. The predicted molar refractivity (Wildman–Crippen MR) is 193 cm³/mol. The number of aliphatic hydroxyl groups excluding tert-OH is 1. The van der Waals surface area contributed by atoms with Crippen LogP contribution in [0, 0.1) is 0 Å². The number of carbonyl (C=O) groups excluding carboxylic acids is 1. The van der Waals surface area contributed by atoms with Crippen molar-refractivity contribution in [2.45, 2.75) is 129 Å². The van der Waals surface area contributed by atoms with E-state index >= 15 is 0 Å². The van der Waals surface area contributed by atoms with Crippen LogP contribution in [0.5, 0.6) is 0 Å². The van der Waals surface area contributed by atoms with Gasteiger partial charge in [0, 0.05) is 6.42 Å². The molecule has 1 amide bonds. The zero-order chi connectivity index (χ0) is 33.3. The molecule has 0 aromatic rings. The maximum absolute atomic E-state index is 12.4. The molecule has 0 bridgehead atoms. The second kappa shape index (κ2) is 31.3. The second-order valence-corrected chi connectivity index (χ2v) is 12.6. The molecule has 0 aliphatic carbocycles. The molecule has 0 fully saturated rings. The summed E-state index contributed by atoms with van der Waals surface area (Å²) < 4.78 is 32.3. The lowest BCUT2D eigenvalue weighted by Gasteiger charge is -2.20. The Labute approximate surface area is 275 Å². The highest BCUT2D eigenvalue weighted by atomic mass is 32.2. The van der Waals surface area contributed by atoms with Crippen molar-refractivity contribution in [3.05, 3.63) is 97.2 Å². The van der Waals surface area contributed by atoms with E-state index in [-0.39, 0.29) is 6.42 Å². The molecular formula is C38H61NO5S. The summed E-state index contributed by atoms with van der Waals surface area (Å²) in [6.45, 7) is 4.35. The van der Waals surface area contributed by atoms with Crippen molar-refractivity contribution in [2.24, 2.45) is 0 Å². The lowest BCUT2D eigenvalue weighted by Crippen LogP contribution is -2.46. The molecule has 0 aliphatic rings. The molecule has 0 saturated carbocycles. The van der Waals surface area contributed by atoms with Gasteiger partial charge in [0.1, 0.15) is 0 Å². The van der Waals surface area contributed by atoms with E-state index in [9.17, 15) is 22.9 Å². The van der Waals surface area contributed by atoms with Crippen LogP contribution in [-0.4, -0.2) is 41.9 Å². The number of hydrogen-bond acceptors (Lipinski definition) is 4. The van der Waals surface area contributed by atoms with Gasteiger partial charge in [0.25, 0.3) is 10.1 Å². The minimum atomic E-state index is -4.39. The van der Waals surface area contributed by atoms with Crippen LogP contribution in [0.4, 0.5) is 0 Å². The molecule has 6 nitrogen and oxygen atoms in total. The first-order valence-corrected chi connectivity index (χ1v) is 18.5. The van der Waals surface area contributed by atoms with Crippen LogP contribution in [0.15, 0.2) is 97.2 Å². The van der Waals surface area contributed by atoms with E-state index in [2.05, 4.69) is 86.0 Å². The van der Waals surface area contributed by atoms with E-state index in [0.29, 0.717) is 12.8 Å². The Balaban J connectivity index is 4.32. The Morgan fingerprint density at radius 1 is 0.622 bits per heavy atom. The molecule has 45 heavy (non-hydrogen) atoms. The van der Waals surface area contributed by atoms with Gasteiger partial charge < -0.3 is 10.4 Å². The van der Waals surface area contributed by atoms with Crippen molar-refractivity contribution >= 4 is 16.0 Å². The number of nitrogens with one attached hydrogen (secondary N) is 1.